The maximum Gasteiger partial charge on any atom is 0.305 e. The number of hydrogen-bond acceptors (Lipinski definition) is 8. The number of ether oxygens (including phenoxy) is 2. The summed E-state index contributed by atoms with van der Waals surface area (Å²) in [5.74, 6) is 0.305. The van der Waals surface area contributed by atoms with Gasteiger partial charge in [-0.3, -0.25) is 14.4 Å². The van der Waals surface area contributed by atoms with Crippen molar-refractivity contribution >= 4 is 5.97 Å². The lowest BCUT2D eigenvalue weighted by atomic mass is 10.0. The fourth-order valence-corrected chi connectivity index (χ4v) is 3.64. The van der Waals surface area contributed by atoms with Gasteiger partial charge in [0, 0.05) is 38.6 Å². The van der Waals surface area contributed by atoms with Crippen LogP contribution in [0.1, 0.15) is 37.9 Å². The minimum Gasteiger partial charge on any atom is -0.508 e. The highest BCUT2D eigenvalue weighted by molar-refractivity contribution is 5.69. The molecule has 0 fully saturated rings. The van der Waals surface area contributed by atoms with Crippen LogP contribution in [-0.2, 0) is 34.0 Å². The molecule has 1 aromatic heterocycles. The fourth-order valence-electron chi connectivity index (χ4n) is 3.64. The third-order valence-corrected chi connectivity index (χ3v) is 5.60. The van der Waals surface area contributed by atoms with Gasteiger partial charge >= 0.3 is 5.97 Å². The highest BCUT2D eigenvalue weighted by Gasteiger charge is 2.22. The molecule has 2 aromatic rings. The highest BCUT2D eigenvalue weighted by Crippen LogP contribution is 2.15. The molecule has 0 amide bonds. The van der Waals surface area contributed by atoms with Gasteiger partial charge in [0.05, 0.1) is 18.9 Å². The van der Waals surface area contributed by atoms with Crippen molar-refractivity contribution in [3.63, 3.8) is 0 Å². The van der Waals surface area contributed by atoms with Gasteiger partial charge in [-0.25, -0.2) is 0 Å². The van der Waals surface area contributed by atoms with Crippen molar-refractivity contribution in [2.75, 3.05) is 26.7 Å². The van der Waals surface area contributed by atoms with E-state index in [1.54, 1.807) is 16.8 Å². The van der Waals surface area contributed by atoms with Crippen LogP contribution in [0.3, 0.4) is 0 Å². The Morgan fingerprint density at radius 2 is 2.06 bits per heavy atom. The number of phenols is 1. The number of nitrogens with zero attached hydrogens (tertiary/aromatic N) is 4. The predicted molar refractivity (Wildman–Crippen MR) is 120 cm³/mol. The van der Waals surface area contributed by atoms with Crippen molar-refractivity contribution in [2.45, 2.75) is 58.5 Å². The summed E-state index contributed by atoms with van der Waals surface area (Å²) >= 11 is 0. The number of nitrogens with one attached hydrogen (secondary N) is 1. The number of aromatic hydroxyl groups is 1. The molecule has 1 aromatic carbocycles. The number of carbonyl (C=O) groups excluding carboxylic acids is 1. The molecule has 2 heterocycles. The first-order valence-electron chi connectivity index (χ1n) is 11.2. The Morgan fingerprint density at radius 3 is 2.84 bits per heavy atom. The minimum absolute atomic E-state index is 0.0302. The van der Waals surface area contributed by atoms with Crippen LogP contribution in [-0.4, -0.2) is 69.9 Å². The summed E-state index contributed by atoms with van der Waals surface area (Å²) in [7, 11) is 2.06. The Kier molecular flexibility index (Phi) is 9.01. The molecule has 9 heteroatoms. The molecule has 0 unspecified atom stereocenters. The molecule has 0 aliphatic carbocycles. The number of benzene rings is 1. The Bertz CT molecular complexity index is 841. The van der Waals surface area contributed by atoms with Gasteiger partial charge in [-0.05, 0) is 44.0 Å². The van der Waals surface area contributed by atoms with E-state index in [2.05, 4.69) is 34.5 Å². The van der Waals surface area contributed by atoms with Crippen molar-refractivity contribution in [1.82, 2.24) is 25.2 Å². The second-order valence-corrected chi connectivity index (χ2v) is 8.76. The second-order valence-electron chi connectivity index (χ2n) is 8.76. The molecule has 0 saturated carbocycles. The number of carbonyl (C=O) groups is 1. The Morgan fingerprint density at radius 1 is 1.28 bits per heavy atom. The van der Waals surface area contributed by atoms with Gasteiger partial charge in [0.1, 0.15) is 18.1 Å². The second kappa shape index (κ2) is 11.9. The summed E-state index contributed by atoms with van der Waals surface area (Å²) in [6, 6.07) is 7.33. The summed E-state index contributed by atoms with van der Waals surface area (Å²) in [5, 5.41) is 21.3. The number of aromatic nitrogens is 3. The van der Waals surface area contributed by atoms with Gasteiger partial charge in [-0.1, -0.05) is 24.3 Å². The number of likely N-dealkylation sites (N-methyl/N-ethyl adjacent to an activating group) is 1. The fraction of sp³-hybridized carbons (Fsp3) is 0.609. The Balaban J connectivity index is 1.65. The van der Waals surface area contributed by atoms with E-state index in [-0.39, 0.29) is 29.8 Å². The van der Waals surface area contributed by atoms with Gasteiger partial charge in [0.2, 0.25) is 0 Å². The van der Waals surface area contributed by atoms with E-state index in [0.29, 0.717) is 32.6 Å². The summed E-state index contributed by atoms with van der Waals surface area (Å²) in [6.45, 7) is 7.76. The van der Waals surface area contributed by atoms with E-state index in [1.165, 1.54) is 0 Å². The van der Waals surface area contributed by atoms with Crippen LogP contribution in [0.25, 0.3) is 0 Å². The lowest BCUT2D eigenvalue weighted by Gasteiger charge is -2.30. The molecular formula is C23H35N5O4. The van der Waals surface area contributed by atoms with Crippen molar-refractivity contribution < 1.29 is 19.4 Å². The molecule has 3 rings (SSSR count). The number of fused-ring (bicyclic) bond motifs is 2. The van der Waals surface area contributed by atoms with E-state index in [4.69, 9.17) is 9.47 Å². The Hall–Kier alpha value is -2.49. The average molecular weight is 446 g/mol. The van der Waals surface area contributed by atoms with Crippen molar-refractivity contribution in [1.29, 1.82) is 0 Å². The highest BCUT2D eigenvalue weighted by atomic mass is 16.5. The number of phenolic OH excluding ortho intramolecular Hbond substituents is 1. The SMILES string of the molecule is C[C@@H]1CN[C@@H](C)COC(=O)CCCn2cc(nn2)CO[C@@H]1CN(C)Cc1ccc(O)cc1. The number of aryl methyl sites for hydroxylation is 1. The van der Waals surface area contributed by atoms with Crippen LogP contribution in [0.15, 0.2) is 30.5 Å². The normalized spacial score (nSPS) is 23.8. The van der Waals surface area contributed by atoms with Gasteiger partial charge in [-0.2, -0.15) is 0 Å². The van der Waals surface area contributed by atoms with Crippen LogP contribution in [0.2, 0.25) is 0 Å². The molecule has 1 aliphatic rings. The maximum atomic E-state index is 12.0. The molecule has 176 valence electrons. The number of hydrogen-bond donors (Lipinski definition) is 2. The van der Waals surface area contributed by atoms with Gasteiger partial charge in [-0.15, -0.1) is 5.10 Å². The first-order valence-corrected chi connectivity index (χ1v) is 11.2. The zero-order chi connectivity index (χ0) is 22.9. The van der Waals surface area contributed by atoms with E-state index in [1.807, 2.05) is 25.3 Å². The molecule has 1 aliphatic heterocycles. The lowest BCUT2D eigenvalue weighted by molar-refractivity contribution is -0.144. The lowest BCUT2D eigenvalue weighted by Crippen LogP contribution is -2.42. The third-order valence-electron chi connectivity index (χ3n) is 5.60. The number of cyclic esters (lactones) is 1. The largest absolute Gasteiger partial charge is 0.508 e. The first-order chi connectivity index (χ1) is 15.4. The van der Waals surface area contributed by atoms with Gasteiger partial charge < -0.3 is 19.9 Å². The molecule has 0 spiro atoms. The molecule has 2 bridgehead atoms. The van der Waals surface area contributed by atoms with Gasteiger partial charge in [0.15, 0.2) is 0 Å². The van der Waals surface area contributed by atoms with Crippen LogP contribution in [0, 0.1) is 5.92 Å². The average Bonchev–Trinajstić information content (AvgIpc) is 3.22. The topological polar surface area (TPSA) is 102 Å². The van der Waals surface area contributed by atoms with Gasteiger partial charge in [0.25, 0.3) is 0 Å². The molecule has 0 radical (unpaired) electrons. The maximum absolute atomic E-state index is 12.0. The zero-order valence-corrected chi connectivity index (χ0v) is 19.2. The summed E-state index contributed by atoms with van der Waals surface area (Å²) < 4.78 is 13.4. The van der Waals surface area contributed by atoms with E-state index in [9.17, 15) is 9.90 Å². The third kappa shape index (κ3) is 7.89. The number of esters is 1. The van der Waals surface area contributed by atoms with Crippen LogP contribution in [0.5, 0.6) is 5.75 Å². The quantitative estimate of drug-likeness (QED) is 0.689. The zero-order valence-electron chi connectivity index (χ0n) is 19.2. The van der Waals surface area contributed by atoms with Crippen molar-refractivity contribution in [3.8, 4) is 5.75 Å². The standard InChI is InChI=1S/C23H35N5O4/c1-17-11-24-18(2)15-32-23(30)5-4-10-28-13-20(25-26-28)16-31-22(17)14-27(3)12-19-6-8-21(29)9-7-19/h6-9,13,17-18,22,24,29H,4-5,10-12,14-16H2,1-3H3/t17-,18+,22-/m1/s1. The smallest absolute Gasteiger partial charge is 0.305 e. The molecule has 2 N–H and O–H groups in total. The van der Waals surface area contributed by atoms with Crippen LogP contribution < -0.4 is 5.32 Å². The summed E-state index contributed by atoms with van der Waals surface area (Å²) in [4.78, 5) is 14.2. The van der Waals surface area contributed by atoms with E-state index in [0.717, 1.165) is 30.9 Å². The molecule has 3 atom stereocenters. The summed E-state index contributed by atoms with van der Waals surface area (Å²) in [6.07, 6.45) is 2.87. The minimum atomic E-state index is -0.184. The Labute approximate surface area is 189 Å². The monoisotopic (exact) mass is 445 g/mol. The summed E-state index contributed by atoms with van der Waals surface area (Å²) in [5.41, 5.74) is 1.90. The van der Waals surface area contributed by atoms with E-state index < -0.39 is 0 Å². The van der Waals surface area contributed by atoms with E-state index >= 15 is 0 Å². The molecule has 0 saturated heterocycles. The van der Waals surface area contributed by atoms with Crippen LogP contribution >= 0.6 is 0 Å². The predicted octanol–water partition coefficient (Wildman–Crippen LogP) is 1.95. The first kappa shape index (κ1) is 24.2. The molecular weight excluding hydrogens is 410 g/mol. The van der Waals surface area contributed by atoms with Crippen molar-refractivity contribution in [2.24, 2.45) is 5.92 Å². The van der Waals surface area contributed by atoms with Crippen molar-refractivity contribution in [3.05, 3.63) is 41.7 Å². The number of rotatable bonds is 4. The van der Waals surface area contributed by atoms with Crippen LogP contribution in [0.4, 0.5) is 0 Å². The molecule has 32 heavy (non-hydrogen) atoms. The molecule has 9 nitrogen and oxygen atoms in total.